The number of phenols is 1. The van der Waals surface area contributed by atoms with Crippen molar-refractivity contribution in [3.05, 3.63) is 54.9 Å². The molecule has 3 heteroatoms. The summed E-state index contributed by atoms with van der Waals surface area (Å²) in [5.41, 5.74) is 2.00. The van der Waals surface area contributed by atoms with Crippen molar-refractivity contribution in [3.63, 3.8) is 0 Å². The number of pyridine rings is 1. The second-order valence-corrected chi connectivity index (χ2v) is 4.37. The van der Waals surface area contributed by atoms with Crippen LogP contribution in [-0.2, 0) is 0 Å². The Bertz CT molecular complexity index is 893. The van der Waals surface area contributed by atoms with Crippen LogP contribution in [0.4, 0.5) is 0 Å². The maximum absolute atomic E-state index is 9.66. The zero-order chi connectivity index (χ0) is 12.1. The van der Waals surface area contributed by atoms with Crippen LogP contribution in [0.3, 0.4) is 0 Å². The fourth-order valence-corrected chi connectivity index (χ4v) is 2.56. The predicted octanol–water partition coefficient (Wildman–Crippen LogP) is 3.35. The Morgan fingerprint density at radius 1 is 0.944 bits per heavy atom. The first kappa shape index (κ1) is 9.48. The number of fused-ring (bicyclic) bond motifs is 6. The fourth-order valence-electron chi connectivity index (χ4n) is 2.56. The first-order chi connectivity index (χ1) is 8.84. The molecule has 0 aliphatic heterocycles. The minimum Gasteiger partial charge on any atom is -0.508 e. The monoisotopic (exact) mass is 234 g/mol. The van der Waals surface area contributed by atoms with Crippen LogP contribution in [0.1, 0.15) is 0 Å². The summed E-state index contributed by atoms with van der Waals surface area (Å²) in [4.78, 5) is 4.39. The molecule has 1 N–H and O–H groups in total. The smallest absolute Gasteiger partial charge is 0.145 e. The summed E-state index contributed by atoms with van der Waals surface area (Å²) in [6, 6.07) is 13.6. The molecule has 86 valence electrons. The summed E-state index contributed by atoms with van der Waals surface area (Å²) in [5, 5.41) is 12.9. The number of aromatic nitrogens is 2. The topological polar surface area (TPSA) is 37.5 Å². The van der Waals surface area contributed by atoms with Gasteiger partial charge in [-0.2, -0.15) is 0 Å². The third-order valence-electron chi connectivity index (χ3n) is 3.34. The van der Waals surface area contributed by atoms with Crippen molar-refractivity contribution in [2.45, 2.75) is 0 Å². The molecule has 0 saturated heterocycles. The van der Waals surface area contributed by atoms with Gasteiger partial charge in [0.25, 0.3) is 0 Å². The molecule has 0 unspecified atom stereocenters. The average Bonchev–Trinajstić information content (AvgIpc) is 2.88. The number of hydrogen-bond acceptors (Lipinski definition) is 2. The quantitative estimate of drug-likeness (QED) is 0.474. The lowest BCUT2D eigenvalue weighted by Gasteiger charge is -2.08. The highest BCUT2D eigenvalue weighted by Crippen LogP contribution is 2.30. The van der Waals surface area contributed by atoms with Gasteiger partial charge in [0.1, 0.15) is 11.4 Å². The number of benzene rings is 2. The van der Waals surface area contributed by atoms with Crippen molar-refractivity contribution in [1.82, 2.24) is 9.38 Å². The number of aromatic hydroxyl groups is 1. The minimum absolute atomic E-state index is 0.266. The van der Waals surface area contributed by atoms with E-state index in [1.54, 1.807) is 18.3 Å². The normalized spacial score (nSPS) is 11.6. The third-order valence-corrected chi connectivity index (χ3v) is 3.34. The largest absolute Gasteiger partial charge is 0.508 e. The molecule has 4 aromatic rings. The van der Waals surface area contributed by atoms with Gasteiger partial charge in [-0.25, -0.2) is 4.98 Å². The first-order valence-corrected chi connectivity index (χ1v) is 5.81. The van der Waals surface area contributed by atoms with E-state index in [4.69, 9.17) is 0 Å². The summed E-state index contributed by atoms with van der Waals surface area (Å²) in [5.74, 6) is 0.266. The standard InChI is InChI=1S/C15H10N2O/c18-10-5-6-11-12-3-1-2-4-14(12)17-8-7-16-15(17)13(11)9-10/h1-9,18H. The number of rotatable bonds is 0. The summed E-state index contributed by atoms with van der Waals surface area (Å²) >= 11 is 0. The van der Waals surface area contributed by atoms with Crippen LogP contribution in [0, 0.1) is 0 Å². The lowest BCUT2D eigenvalue weighted by Crippen LogP contribution is -1.89. The van der Waals surface area contributed by atoms with Crippen molar-refractivity contribution >= 4 is 27.3 Å². The van der Waals surface area contributed by atoms with Crippen LogP contribution in [-0.4, -0.2) is 14.5 Å². The molecule has 0 atom stereocenters. The Morgan fingerprint density at radius 3 is 2.78 bits per heavy atom. The maximum Gasteiger partial charge on any atom is 0.145 e. The van der Waals surface area contributed by atoms with Crippen LogP contribution in [0.5, 0.6) is 5.75 Å². The van der Waals surface area contributed by atoms with Crippen LogP contribution in [0.15, 0.2) is 54.9 Å². The first-order valence-electron chi connectivity index (χ1n) is 5.81. The molecule has 3 nitrogen and oxygen atoms in total. The van der Waals surface area contributed by atoms with E-state index in [1.807, 2.05) is 24.4 Å². The highest BCUT2D eigenvalue weighted by molar-refractivity contribution is 6.11. The van der Waals surface area contributed by atoms with E-state index in [0.717, 1.165) is 27.3 Å². The van der Waals surface area contributed by atoms with Gasteiger partial charge in [0, 0.05) is 23.2 Å². The van der Waals surface area contributed by atoms with Gasteiger partial charge < -0.3 is 5.11 Å². The molecular weight excluding hydrogens is 224 g/mol. The fraction of sp³-hybridized carbons (Fsp3) is 0. The highest BCUT2D eigenvalue weighted by atomic mass is 16.3. The molecule has 2 heterocycles. The van der Waals surface area contributed by atoms with Gasteiger partial charge in [-0.05, 0) is 29.7 Å². The third kappa shape index (κ3) is 1.10. The zero-order valence-corrected chi connectivity index (χ0v) is 9.54. The second kappa shape index (κ2) is 3.23. The number of para-hydroxylation sites is 1. The summed E-state index contributed by atoms with van der Waals surface area (Å²) in [6.45, 7) is 0. The van der Waals surface area contributed by atoms with Crippen LogP contribution >= 0.6 is 0 Å². The molecule has 0 amide bonds. The van der Waals surface area contributed by atoms with E-state index in [9.17, 15) is 5.11 Å². The number of phenolic OH excluding ortho intramolecular Hbond substituents is 1. The maximum atomic E-state index is 9.66. The van der Waals surface area contributed by atoms with Gasteiger partial charge >= 0.3 is 0 Å². The van der Waals surface area contributed by atoms with Crippen molar-refractivity contribution < 1.29 is 5.11 Å². The molecule has 4 rings (SSSR count). The summed E-state index contributed by atoms with van der Waals surface area (Å²) in [6.07, 6.45) is 3.73. The van der Waals surface area contributed by atoms with Gasteiger partial charge in [0.15, 0.2) is 0 Å². The molecule has 0 aliphatic carbocycles. The molecule has 18 heavy (non-hydrogen) atoms. The van der Waals surface area contributed by atoms with E-state index in [1.165, 1.54) is 0 Å². The number of imidazole rings is 1. The molecule has 0 radical (unpaired) electrons. The number of hydrogen-bond donors (Lipinski definition) is 1. The molecular formula is C15H10N2O. The lowest BCUT2D eigenvalue weighted by molar-refractivity contribution is 0.476. The van der Waals surface area contributed by atoms with Crippen molar-refractivity contribution in [1.29, 1.82) is 0 Å². The molecule has 0 saturated carbocycles. The molecule has 0 fully saturated rings. The Balaban J connectivity index is 2.44. The van der Waals surface area contributed by atoms with Crippen molar-refractivity contribution in [3.8, 4) is 5.75 Å². The SMILES string of the molecule is Oc1ccc2c3ccccc3n3ccnc3c2c1. The van der Waals surface area contributed by atoms with E-state index in [-0.39, 0.29) is 5.75 Å². The molecule has 0 bridgehead atoms. The van der Waals surface area contributed by atoms with Crippen LogP contribution in [0.25, 0.3) is 27.3 Å². The molecule has 0 aliphatic rings. The van der Waals surface area contributed by atoms with Gasteiger partial charge in [0.05, 0.1) is 5.52 Å². The van der Waals surface area contributed by atoms with Crippen LogP contribution in [0.2, 0.25) is 0 Å². The number of nitrogens with zero attached hydrogens (tertiary/aromatic N) is 2. The second-order valence-electron chi connectivity index (χ2n) is 4.37. The minimum atomic E-state index is 0.266. The Morgan fingerprint density at radius 2 is 1.83 bits per heavy atom. The van der Waals surface area contributed by atoms with Gasteiger partial charge in [-0.3, -0.25) is 4.40 Å². The predicted molar refractivity (Wildman–Crippen MR) is 71.9 cm³/mol. The Kier molecular flexibility index (Phi) is 1.70. The molecule has 2 aromatic carbocycles. The Hall–Kier alpha value is -2.55. The summed E-state index contributed by atoms with van der Waals surface area (Å²) < 4.78 is 2.05. The van der Waals surface area contributed by atoms with Gasteiger partial charge in [-0.1, -0.05) is 18.2 Å². The van der Waals surface area contributed by atoms with E-state index in [2.05, 4.69) is 21.5 Å². The van der Waals surface area contributed by atoms with Crippen LogP contribution < -0.4 is 0 Å². The van der Waals surface area contributed by atoms with E-state index in [0.29, 0.717) is 0 Å². The zero-order valence-electron chi connectivity index (χ0n) is 9.54. The van der Waals surface area contributed by atoms with Crippen molar-refractivity contribution in [2.75, 3.05) is 0 Å². The van der Waals surface area contributed by atoms with Crippen molar-refractivity contribution in [2.24, 2.45) is 0 Å². The van der Waals surface area contributed by atoms with E-state index < -0.39 is 0 Å². The van der Waals surface area contributed by atoms with Gasteiger partial charge in [-0.15, -0.1) is 0 Å². The Labute approximate surface area is 103 Å². The molecule has 2 aromatic heterocycles. The lowest BCUT2D eigenvalue weighted by atomic mass is 10.1. The average molecular weight is 234 g/mol. The van der Waals surface area contributed by atoms with E-state index >= 15 is 0 Å². The highest BCUT2D eigenvalue weighted by Gasteiger charge is 2.08. The summed E-state index contributed by atoms with van der Waals surface area (Å²) in [7, 11) is 0. The molecule has 0 spiro atoms. The van der Waals surface area contributed by atoms with Gasteiger partial charge in [0.2, 0.25) is 0 Å².